The van der Waals surface area contributed by atoms with E-state index in [0.717, 1.165) is 5.56 Å². The minimum Gasteiger partial charge on any atom is -0.441 e. The van der Waals surface area contributed by atoms with Gasteiger partial charge in [0.2, 0.25) is 0 Å². The van der Waals surface area contributed by atoms with Gasteiger partial charge in [-0.1, -0.05) is 36.4 Å². The van der Waals surface area contributed by atoms with E-state index >= 15 is 0 Å². The number of carbonyl (C=O) groups excluding carboxylic acids is 1. The maximum absolute atomic E-state index is 13.3. The third-order valence-electron chi connectivity index (χ3n) is 5.26. The molecule has 0 bridgehead atoms. The highest BCUT2D eigenvalue weighted by Gasteiger charge is 2.43. The van der Waals surface area contributed by atoms with E-state index in [1.165, 1.54) is 17.0 Å². The number of carbonyl (C=O) groups is 1. The third kappa shape index (κ3) is 4.61. The summed E-state index contributed by atoms with van der Waals surface area (Å²) in [5, 5.41) is 9.05. The molecule has 1 amide bonds. The highest BCUT2D eigenvalue weighted by Crippen LogP contribution is 2.38. The second-order valence-corrected chi connectivity index (χ2v) is 7.42. The Morgan fingerprint density at radius 2 is 1.78 bits per heavy atom. The zero-order valence-corrected chi connectivity index (χ0v) is 17.1. The van der Waals surface area contributed by atoms with Crippen molar-refractivity contribution in [3.63, 3.8) is 0 Å². The molecule has 1 fully saturated rings. The number of cyclic esters (lactones) is 1. The van der Waals surface area contributed by atoms with Crippen molar-refractivity contribution in [2.45, 2.75) is 25.4 Å². The monoisotopic (exact) mass is 434 g/mol. The van der Waals surface area contributed by atoms with Gasteiger partial charge in [0.05, 0.1) is 24.8 Å². The van der Waals surface area contributed by atoms with Crippen LogP contribution < -0.4 is 4.90 Å². The van der Waals surface area contributed by atoms with Crippen LogP contribution in [-0.4, -0.2) is 18.8 Å². The molecule has 0 aliphatic carbocycles. The quantitative estimate of drug-likeness (QED) is 0.496. The predicted molar refractivity (Wildman–Crippen MR) is 114 cm³/mol. The summed E-state index contributed by atoms with van der Waals surface area (Å²) in [6, 6.07) is 21.0. The molecule has 4 rings (SSSR count). The fourth-order valence-corrected chi connectivity index (χ4v) is 3.72. The van der Waals surface area contributed by atoms with Crippen LogP contribution in [0.15, 0.2) is 72.8 Å². The number of hydrogen-bond donors (Lipinski definition) is 0. The summed E-state index contributed by atoms with van der Waals surface area (Å²) < 4.78 is 37.8. The molecule has 3 aromatic rings. The fraction of sp³-hybridized carbons (Fsp3) is 0.200. The molecule has 3 aromatic carbocycles. The lowest BCUT2D eigenvalue weighted by atomic mass is 9.98. The number of nitriles is 1. The van der Waals surface area contributed by atoms with Crippen LogP contribution in [-0.2, 0) is 22.8 Å². The molecule has 0 unspecified atom stereocenters. The van der Waals surface area contributed by atoms with Gasteiger partial charge < -0.3 is 9.47 Å². The molecule has 1 aliphatic rings. The number of nitrogens with zero attached hydrogens (tertiary/aromatic N) is 2. The molecule has 0 aromatic heterocycles. The molecule has 1 aliphatic heterocycles. The van der Waals surface area contributed by atoms with Crippen molar-refractivity contribution in [1.82, 2.24) is 0 Å². The Balaban J connectivity index is 1.59. The molecule has 7 heteroatoms. The van der Waals surface area contributed by atoms with E-state index in [1.807, 2.05) is 12.1 Å². The number of hydrogen-bond acceptors (Lipinski definition) is 4. The number of alkyl halides is 1. The molecule has 0 N–H and O–H groups in total. The number of amides is 1. The van der Waals surface area contributed by atoms with Gasteiger partial charge in [0.25, 0.3) is 0 Å². The first-order valence-corrected chi connectivity index (χ1v) is 10.1. The van der Waals surface area contributed by atoms with Crippen molar-refractivity contribution in [1.29, 1.82) is 5.26 Å². The zero-order chi connectivity index (χ0) is 22.5. The van der Waals surface area contributed by atoms with Crippen molar-refractivity contribution < 1.29 is 23.0 Å². The molecule has 0 radical (unpaired) electrons. The lowest BCUT2D eigenvalue weighted by Gasteiger charge is -2.25. The summed E-state index contributed by atoms with van der Waals surface area (Å²) in [5.41, 5.74) is 3.02. The first-order chi connectivity index (χ1) is 15.6. The van der Waals surface area contributed by atoms with Gasteiger partial charge in [-0.2, -0.15) is 5.26 Å². The van der Waals surface area contributed by atoms with Gasteiger partial charge in [-0.05, 0) is 53.1 Å². The summed E-state index contributed by atoms with van der Waals surface area (Å²) in [4.78, 5) is 14.3. The molecule has 1 heterocycles. The number of anilines is 1. The Labute approximate surface area is 184 Å². The third-order valence-corrected chi connectivity index (χ3v) is 5.26. The fourth-order valence-electron chi connectivity index (χ4n) is 3.72. The molecular weight excluding hydrogens is 414 g/mol. The van der Waals surface area contributed by atoms with Crippen LogP contribution in [0.5, 0.6) is 0 Å². The van der Waals surface area contributed by atoms with Gasteiger partial charge in [-0.3, -0.25) is 4.90 Å². The van der Waals surface area contributed by atoms with Crippen LogP contribution >= 0.6 is 0 Å². The van der Waals surface area contributed by atoms with E-state index in [-0.39, 0.29) is 19.0 Å². The van der Waals surface area contributed by atoms with Gasteiger partial charge in [-0.25, -0.2) is 13.6 Å². The molecule has 1 saturated heterocycles. The van der Waals surface area contributed by atoms with Crippen LogP contribution in [0.25, 0.3) is 0 Å². The Hall–Kier alpha value is -3.76. The normalized spacial score (nSPS) is 17.8. The van der Waals surface area contributed by atoms with E-state index in [9.17, 15) is 13.6 Å². The van der Waals surface area contributed by atoms with Gasteiger partial charge in [0.1, 0.15) is 18.5 Å². The van der Waals surface area contributed by atoms with E-state index in [2.05, 4.69) is 0 Å². The average molecular weight is 434 g/mol. The van der Waals surface area contributed by atoms with Crippen molar-refractivity contribution in [2.24, 2.45) is 0 Å². The van der Waals surface area contributed by atoms with E-state index in [1.54, 1.807) is 54.6 Å². The lowest BCUT2D eigenvalue weighted by molar-refractivity contribution is 0.0273. The second-order valence-electron chi connectivity index (χ2n) is 7.42. The SMILES string of the molecule is N#Cc1ccc(N2C(=O)O[C@@H](COCc3ccc(F)cc3)[C@@H]2c2cccc(CF)c2)cc1. The standard InChI is InChI=1S/C25H20F2N2O3/c26-13-19-2-1-3-20(12-19)24-23(16-31-15-18-4-8-21(27)9-5-18)32-25(30)29(24)22-10-6-17(14-28)7-11-22/h1-12,23-24H,13,15-16H2/t23-,24-/m0/s1. The minimum atomic E-state index is -0.645. The van der Waals surface area contributed by atoms with Crippen LogP contribution in [0, 0.1) is 17.1 Å². The highest BCUT2D eigenvalue weighted by atomic mass is 19.1. The van der Waals surface area contributed by atoms with Crippen molar-refractivity contribution in [3.05, 3.63) is 101 Å². The minimum absolute atomic E-state index is 0.0976. The predicted octanol–water partition coefficient (Wildman–Crippen LogP) is 5.45. The Morgan fingerprint density at radius 1 is 1.03 bits per heavy atom. The van der Waals surface area contributed by atoms with Crippen LogP contribution in [0.4, 0.5) is 19.3 Å². The number of benzene rings is 3. The van der Waals surface area contributed by atoms with Crippen molar-refractivity contribution >= 4 is 11.8 Å². The number of rotatable bonds is 7. The Kier molecular flexibility index (Phi) is 6.43. The molecule has 2 atom stereocenters. The maximum Gasteiger partial charge on any atom is 0.415 e. The summed E-state index contributed by atoms with van der Waals surface area (Å²) in [5.74, 6) is -0.329. The Bertz CT molecular complexity index is 1130. The largest absolute Gasteiger partial charge is 0.441 e. The lowest BCUT2D eigenvalue weighted by Crippen LogP contribution is -2.31. The summed E-state index contributed by atoms with van der Waals surface area (Å²) in [7, 11) is 0. The zero-order valence-electron chi connectivity index (χ0n) is 17.1. The average Bonchev–Trinajstić information content (AvgIpc) is 3.16. The molecule has 0 saturated carbocycles. The van der Waals surface area contributed by atoms with Gasteiger partial charge >= 0.3 is 6.09 Å². The van der Waals surface area contributed by atoms with Crippen molar-refractivity contribution in [2.75, 3.05) is 11.5 Å². The van der Waals surface area contributed by atoms with Crippen LogP contribution in [0.3, 0.4) is 0 Å². The molecule has 0 spiro atoms. The van der Waals surface area contributed by atoms with Gasteiger partial charge in [0.15, 0.2) is 6.10 Å². The van der Waals surface area contributed by atoms with E-state index < -0.39 is 24.9 Å². The summed E-state index contributed by atoms with van der Waals surface area (Å²) in [6.45, 7) is -0.305. The van der Waals surface area contributed by atoms with E-state index in [4.69, 9.17) is 14.7 Å². The molecular formula is C25H20F2N2O3. The highest BCUT2D eigenvalue weighted by molar-refractivity contribution is 5.91. The van der Waals surface area contributed by atoms with Crippen molar-refractivity contribution in [3.8, 4) is 6.07 Å². The van der Waals surface area contributed by atoms with E-state index in [0.29, 0.717) is 22.4 Å². The molecule has 5 nitrogen and oxygen atoms in total. The van der Waals surface area contributed by atoms with Gasteiger partial charge in [0, 0.05) is 5.69 Å². The first-order valence-electron chi connectivity index (χ1n) is 10.1. The molecule has 32 heavy (non-hydrogen) atoms. The number of halogens is 2. The Morgan fingerprint density at radius 3 is 2.47 bits per heavy atom. The summed E-state index contributed by atoms with van der Waals surface area (Å²) >= 11 is 0. The number of ether oxygens (including phenoxy) is 2. The molecule has 162 valence electrons. The van der Waals surface area contributed by atoms with Crippen LogP contribution in [0.1, 0.15) is 28.3 Å². The van der Waals surface area contributed by atoms with Crippen LogP contribution in [0.2, 0.25) is 0 Å². The topological polar surface area (TPSA) is 62.6 Å². The first kappa shape index (κ1) is 21.5. The summed E-state index contributed by atoms with van der Waals surface area (Å²) in [6.07, 6.45) is -1.20. The smallest absolute Gasteiger partial charge is 0.415 e. The van der Waals surface area contributed by atoms with Gasteiger partial charge in [-0.15, -0.1) is 0 Å². The maximum atomic E-state index is 13.3. The second kappa shape index (κ2) is 9.58.